The minimum Gasteiger partial charge on any atom is -0.493 e. The fourth-order valence-corrected chi connectivity index (χ4v) is 2.10. The lowest BCUT2D eigenvalue weighted by Gasteiger charge is -2.10. The molecule has 0 heterocycles. The van der Waals surface area contributed by atoms with E-state index in [1.807, 2.05) is 18.2 Å². The molecule has 0 saturated carbocycles. The second-order valence-corrected chi connectivity index (χ2v) is 4.60. The van der Waals surface area contributed by atoms with Gasteiger partial charge < -0.3 is 14.8 Å². The highest BCUT2D eigenvalue weighted by molar-refractivity contribution is 8.93. The van der Waals surface area contributed by atoms with Gasteiger partial charge in [-0.3, -0.25) is 0 Å². The number of rotatable bonds is 7. The molecule has 0 aliphatic heterocycles. The van der Waals surface area contributed by atoms with Gasteiger partial charge in [0.15, 0.2) is 11.5 Å². The fourth-order valence-electron chi connectivity index (χ4n) is 2.10. The van der Waals surface area contributed by atoms with Gasteiger partial charge in [0.05, 0.1) is 14.2 Å². The van der Waals surface area contributed by atoms with Crippen LogP contribution in [0.4, 0.5) is 0 Å². The molecule has 114 valence electrons. The third-order valence-electron chi connectivity index (χ3n) is 3.21. The van der Waals surface area contributed by atoms with Gasteiger partial charge in [-0.25, -0.2) is 0 Å². The van der Waals surface area contributed by atoms with Gasteiger partial charge in [0, 0.05) is 6.54 Å². The summed E-state index contributed by atoms with van der Waals surface area (Å²) in [6.45, 7) is 1.78. The van der Waals surface area contributed by atoms with Gasteiger partial charge in [-0.15, -0.1) is 17.0 Å². The lowest BCUT2D eigenvalue weighted by molar-refractivity contribution is 0.354. The van der Waals surface area contributed by atoms with Crippen molar-refractivity contribution in [2.75, 3.05) is 20.8 Å². The maximum atomic E-state index is 5.30. The summed E-state index contributed by atoms with van der Waals surface area (Å²) < 4.78 is 10.5. The molecule has 0 aliphatic rings. The summed E-state index contributed by atoms with van der Waals surface area (Å²) in [5, 5.41) is 3.44. The average Bonchev–Trinajstić information content (AvgIpc) is 2.52. The number of hydrogen-bond acceptors (Lipinski definition) is 3. The number of halogens is 1. The first-order valence-electron chi connectivity index (χ1n) is 6.79. The molecule has 0 spiro atoms. The van der Waals surface area contributed by atoms with Crippen LogP contribution in [-0.2, 0) is 13.0 Å². The zero-order valence-corrected chi connectivity index (χ0v) is 14.2. The van der Waals surface area contributed by atoms with Crippen LogP contribution in [0.5, 0.6) is 11.5 Å². The lowest BCUT2D eigenvalue weighted by Crippen LogP contribution is -2.16. The zero-order valence-electron chi connectivity index (χ0n) is 12.5. The molecule has 0 atom stereocenters. The molecule has 0 fully saturated rings. The SMILES string of the molecule is Br.COc1ccc(CNCCc2ccccc2)cc1OC. The van der Waals surface area contributed by atoms with Gasteiger partial charge >= 0.3 is 0 Å². The number of ether oxygens (including phenoxy) is 2. The second-order valence-electron chi connectivity index (χ2n) is 4.60. The van der Waals surface area contributed by atoms with E-state index in [4.69, 9.17) is 9.47 Å². The van der Waals surface area contributed by atoms with Crippen LogP contribution >= 0.6 is 17.0 Å². The van der Waals surface area contributed by atoms with Crippen LogP contribution < -0.4 is 14.8 Å². The Morgan fingerprint density at radius 2 is 1.57 bits per heavy atom. The first-order chi connectivity index (χ1) is 9.83. The summed E-state index contributed by atoms with van der Waals surface area (Å²) in [4.78, 5) is 0. The first-order valence-corrected chi connectivity index (χ1v) is 6.79. The Hall–Kier alpha value is -1.52. The van der Waals surface area contributed by atoms with E-state index >= 15 is 0 Å². The van der Waals surface area contributed by atoms with Gasteiger partial charge in [0.2, 0.25) is 0 Å². The summed E-state index contributed by atoms with van der Waals surface area (Å²) in [6.07, 6.45) is 1.04. The topological polar surface area (TPSA) is 30.5 Å². The molecule has 2 aromatic rings. The summed E-state index contributed by atoms with van der Waals surface area (Å²) in [7, 11) is 3.31. The minimum atomic E-state index is 0. The summed E-state index contributed by atoms with van der Waals surface area (Å²) in [6, 6.07) is 16.5. The van der Waals surface area contributed by atoms with Crippen LogP contribution in [0, 0.1) is 0 Å². The molecule has 0 radical (unpaired) electrons. The van der Waals surface area contributed by atoms with Gasteiger partial charge in [-0.05, 0) is 36.2 Å². The van der Waals surface area contributed by atoms with E-state index in [0.717, 1.165) is 31.0 Å². The molecule has 0 aromatic heterocycles. The molecule has 0 amide bonds. The van der Waals surface area contributed by atoms with E-state index in [-0.39, 0.29) is 17.0 Å². The van der Waals surface area contributed by atoms with Crippen molar-refractivity contribution in [2.45, 2.75) is 13.0 Å². The van der Waals surface area contributed by atoms with Crippen molar-refractivity contribution in [1.82, 2.24) is 5.32 Å². The largest absolute Gasteiger partial charge is 0.493 e. The van der Waals surface area contributed by atoms with Gasteiger partial charge in [-0.1, -0.05) is 36.4 Å². The summed E-state index contributed by atoms with van der Waals surface area (Å²) in [5.41, 5.74) is 2.54. The average molecular weight is 352 g/mol. The Bertz CT molecular complexity index is 532. The van der Waals surface area contributed by atoms with E-state index in [2.05, 4.69) is 35.6 Å². The standard InChI is InChI=1S/C17H21NO2.BrH/c1-19-16-9-8-15(12-17(16)20-2)13-18-11-10-14-6-4-3-5-7-14;/h3-9,12,18H,10-11,13H2,1-2H3;1H. The van der Waals surface area contributed by atoms with Crippen LogP contribution in [-0.4, -0.2) is 20.8 Å². The number of nitrogens with one attached hydrogen (secondary N) is 1. The predicted octanol–water partition coefficient (Wildman–Crippen LogP) is 3.61. The molecule has 3 nitrogen and oxygen atoms in total. The highest BCUT2D eigenvalue weighted by Gasteiger charge is 2.04. The first kappa shape index (κ1) is 17.5. The summed E-state index contributed by atoms with van der Waals surface area (Å²) in [5.74, 6) is 1.54. The fraction of sp³-hybridized carbons (Fsp3) is 0.294. The molecule has 2 rings (SSSR count). The molecule has 0 saturated heterocycles. The van der Waals surface area contributed by atoms with Gasteiger partial charge in [-0.2, -0.15) is 0 Å². The molecule has 2 aromatic carbocycles. The maximum absolute atomic E-state index is 5.30. The van der Waals surface area contributed by atoms with E-state index in [0.29, 0.717) is 0 Å². The highest BCUT2D eigenvalue weighted by atomic mass is 79.9. The Kier molecular flexibility index (Phi) is 7.87. The maximum Gasteiger partial charge on any atom is 0.161 e. The van der Waals surface area contributed by atoms with Crippen LogP contribution in [0.3, 0.4) is 0 Å². The third kappa shape index (κ3) is 5.40. The highest BCUT2D eigenvalue weighted by Crippen LogP contribution is 2.27. The van der Waals surface area contributed by atoms with Crippen molar-refractivity contribution in [3.63, 3.8) is 0 Å². The molecular formula is C17H22BrNO2. The monoisotopic (exact) mass is 351 g/mol. The van der Waals surface area contributed by atoms with E-state index in [9.17, 15) is 0 Å². The van der Waals surface area contributed by atoms with E-state index in [1.165, 1.54) is 11.1 Å². The Balaban J connectivity index is 0.00000220. The molecular weight excluding hydrogens is 330 g/mol. The van der Waals surface area contributed by atoms with Crippen molar-refractivity contribution in [1.29, 1.82) is 0 Å². The Morgan fingerprint density at radius 1 is 0.857 bits per heavy atom. The van der Waals surface area contributed by atoms with Crippen molar-refractivity contribution in [3.8, 4) is 11.5 Å². The molecule has 0 aliphatic carbocycles. The minimum absolute atomic E-state index is 0. The van der Waals surface area contributed by atoms with Crippen LogP contribution in [0.1, 0.15) is 11.1 Å². The van der Waals surface area contributed by atoms with E-state index < -0.39 is 0 Å². The van der Waals surface area contributed by atoms with Gasteiger partial charge in [0.1, 0.15) is 0 Å². The Morgan fingerprint density at radius 3 is 2.24 bits per heavy atom. The van der Waals surface area contributed by atoms with Crippen LogP contribution in [0.2, 0.25) is 0 Å². The second kappa shape index (κ2) is 9.42. The van der Waals surface area contributed by atoms with Crippen molar-refractivity contribution < 1.29 is 9.47 Å². The Labute approximate surface area is 137 Å². The normalized spacial score (nSPS) is 9.81. The smallest absolute Gasteiger partial charge is 0.161 e. The molecule has 4 heteroatoms. The molecule has 21 heavy (non-hydrogen) atoms. The quantitative estimate of drug-likeness (QED) is 0.773. The molecule has 1 N–H and O–H groups in total. The lowest BCUT2D eigenvalue weighted by atomic mass is 10.1. The number of hydrogen-bond donors (Lipinski definition) is 1. The van der Waals surface area contributed by atoms with Crippen LogP contribution in [0.15, 0.2) is 48.5 Å². The van der Waals surface area contributed by atoms with Crippen LogP contribution in [0.25, 0.3) is 0 Å². The van der Waals surface area contributed by atoms with Crippen molar-refractivity contribution >= 4 is 17.0 Å². The van der Waals surface area contributed by atoms with E-state index in [1.54, 1.807) is 14.2 Å². The van der Waals surface area contributed by atoms with Crippen molar-refractivity contribution in [3.05, 3.63) is 59.7 Å². The molecule has 0 bridgehead atoms. The van der Waals surface area contributed by atoms with Gasteiger partial charge in [0.25, 0.3) is 0 Å². The number of methoxy groups -OCH3 is 2. The predicted molar refractivity (Wildman–Crippen MR) is 91.7 cm³/mol. The van der Waals surface area contributed by atoms with Crippen molar-refractivity contribution in [2.24, 2.45) is 0 Å². The third-order valence-corrected chi connectivity index (χ3v) is 3.21. The summed E-state index contributed by atoms with van der Waals surface area (Å²) >= 11 is 0. The number of benzene rings is 2. The molecule has 0 unspecified atom stereocenters. The zero-order chi connectivity index (χ0) is 14.2.